The van der Waals surface area contributed by atoms with E-state index < -0.39 is 11.5 Å². The Hall–Kier alpha value is -0.220. The molecule has 0 aromatic rings. The molecule has 2 N–H and O–H groups in total. The molecule has 3 atom stereocenters. The van der Waals surface area contributed by atoms with Crippen LogP contribution in [0.25, 0.3) is 0 Å². The van der Waals surface area contributed by atoms with Gasteiger partial charge in [0.2, 0.25) is 0 Å². The van der Waals surface area contributed by atoms with Crippen molar-refractivity contribution >= 4 is 17.7 Å². The highest BCUT2D eigenvalue weighted by atomic mass is 32.2. The summed E-state index contributed by atoms with van der Waals surface area (Å²) in [6, 6.07) is 0. The molecule has 0 aromatic heterocycles. The molecule has 2 saturated heterocycles. The minimum Gasteiger partial charge on any atom is -0.480 e. The van der Waals surface area contributed by atoms with Crippen LogP contribution < -0.4 is 5.32 Å². The van der Waals surface area contributed by atoms with Crippen LogP contribution in [0.15, 0.2) is 0 Å². The number of carbonyl (C=O) groups is 1. The fourth-order valence-corrected chi connectivity index (χ4v) is 4.03. The van der Waals surface area contributed by atoms with Crippen LogP contribution >= 0.6 is 11.8 Å². The maximum absolute atomic E-state index is 11.0. The molecule has 0 amide bonds. The summed E-state index contributed by atoms with van der Waals surface area (Å²) >= 11 is 2.06. The van der Waals surface area contributed by atoms with Gasteiger partial charge in [0.1, 0.15) is 5.54 Å². The molecule has 0 aliphatic carbocycles. The Morgan fingerprint density at radius 1 is 1.67 bits per heavy atom. The van der Waals surface area contributed by atoms with Crippen molar-refractivity contribution in [3.63, 3.8) is 0 Å². The van der Waals surface area contributed by atoms with Gasteiger partial charge in [0.25, 0.3) is 0 Å². The maximum atomic E-state index is 11.0. The standard InChI is InChI=1S/C11H19NO2S/c1-11(10(13)14)6-8(7-12-11)5-9-3-2-4-15-9/h8-9,12H,2-7H2,1H3,(H,13,14). The number of nitrogens with one attached hydrogen (secondary N) is 1. The highest BCUT2D eigenvalue weighted by molar-refractivity contribution is 8.00. The summed E-state index contributed by atoms with van der Waals surface area (Å²) in [6.07, 6.45) is 4.65. The fourth-order valence-electron chi connectivity index (χ4n) is 2.62. The van der Waals surface area contributed by atoms with Crippen LogP contribution in [0.1, 0.15) is 32.6 Å². The van der Waals surface area contributed by atoms with E-state index in [-0.39, 0.29) is 0 Å². The first-order valence-corrected chi connectivity index (χ1v) is 6.75. The zero-order valence-electron chi connectivity index (χ0n) is 9.16. The van der Waals surface area contributed by atoms with E-state index in [0.29, 0.717) is 5.92 Å². The second-order valence-corrected chi connectivity index (χ2v) is 6.37. The van der Waals surface area contributed by atoms with Crippen molar-refractivity contribution in [3.05, 3.63) is 0 Å². The zero-order chi connectivity index (χ0) is 10.9. The molecule has 3 unspecified atom stereocenters. The van der Waals surface area contributed by atoms with Gasteiger partial charge in [-0.15, -0.1) is 0 Å². The van der Waals surface area contributed by atoms with E-state index in [2.05, 4.69) is 17.1 Å². The third-order valence-electron chi connectivity index (χ3n) is 3.57. The first kappa shape index (κ1) is 11.3. The minimum absolute atomic E-state index is 0.557. The van der Waals surface area contributed by atoms with E-state index in [1.807, 2.05) is 0 Å². The number of carboxylic acids is 1. The quantitative estimate of drug-likeness (QED) is 0.773. The Bertz CT molecular complexity index is 253. The second-order valence-electron chi connectivity index (χ2n) is 4.96. The van der Waals surface area contributed by atoms with Gasteiger partial charge in [0.05, 0.1) is 0 Å². The van der Waals surface area contributed by atoms with E-state index in [0.717, 1.165) is 18.2 Å². The number of thioether (sulfide) groups is 1. The molecule has 4 heteroatoms. The molecule has 2 aliphatic rings. The van der Waals surface area contributed by atoms with Crippen LogP contribution in [-0.2, 0) is 4.79 Å². The molecule has 2 rings (SSSR count). The summed E-state index contributed by atoms with van der Waals surface area (Å²) in [4.78, 5) is 11.0. The number of hydrogen-bond acceptors (Lipinski definition) is 3. The number of rotatable bonds is 3. The lowest BCUT2D eigenvalue weighted by Crippen LogP contribution is -2.44. The van der Waals surface area contributed by atoms with Crippen LogP contribution in [0.4, 0.5) is 0 Å². The molecule has 0 bridgehead atoms. The molecule has 0 saturated carbocycles. The van der Waals surface area contributed by atoms with E-state index in [1.165, 1.54) is 25.0 Å². The van der Waals surface area contributed by atoms with Gasteiger partial charge in [-0.2, -0.15) is 11.8 Å². The lowest BCUT2D eigenvalue weighted by Gasteiger charge is -2.19. The van der Waals surface area contributed by atoms with Gasteiger partial charge < -0.3 is 10.4 Å². The fraction of sp³-hybridized carbons (Fsp3) is 0.909. The Morgan fingerprint density at radius 3 is 3.00 bits per heavy atom. The highest BCUT2D eigenvalue weighted by Gasteiger charge is 2.41. The van der Waals surface area contributed by atoms with Gasteiger partial charge in [-0.1, -0.05) is 0 Å². The highest BCUT2D eigenvalue weighted by Crippen LogP contribution is 2.35. The summed E-state index contributed by atoms with van der Waals surface area (Å²) in [5, 5.41) is 13.0. The monoisotopic (exact) mass is 229 g/mol. The second kappa shape index (κ2) is 4.34. The first-order valence-electron chi connectivity index (χ1n) is 5.70. The van der Waals surface area contributed by atoms with Gasteiger partial charge in [-0.25, -0.2) is 0 Å². The van der Waals surface area contributed by atoms with Crippen molar-refractivity contribution in [1.29, 1.82) is 0 Å². The number of hydrogen-bond donors (Lipinski definition) is 2. The summed E-state index contributed by atoms with van der Waals surface area (Å²) in [7, 11) is 0. The molecule has 2 fully saturated rings. The minimum atomic E-state index is -0.705. The van der Waals surface area contributed by atoms with E-state index >= 15 is 0 Å². The molecule has 2 aliphatic heterocycles. The SMILES string of the molecule is CC1(C(=O)O)CC(CC2CCCS2)CN1. The molecular formula is C11H19NO2S. The zero-order valence-corrected chi connectivity index (χ0v) is 9.98. The molecule has 86 valence electrons. The molecule has 2 heterocycles. The van der Waals surface area contributed by atoms with Gasteiger partial charge in [-0.3, -0.25) is 4.79 Å². The van der Waals surface area contributed by atoms with Crippen molar-refractivity contribution in [1.82, 2.24) is 5.32 Å². The molecule has 0 spiro atoms. The average molecular weight is 229 g/mol. The van der Waals surface area contributed by atoms with E-state index in [9.17, 15) is 4.79 Å². The summed E-state index contributed by atoms with van der Waals surface area (Å²) in [5.41, 5.74) is -0.673. The number of aliphatic carboxylic acids is 1. The van der Waals surface area contributed by atoms with Crippen LogP contribution in [-0.4, -0.2) is 34.2 Å². The maximum Gasteiger partial charge on any atom is 0.323 e. The molecule has 0 radical (unpaired) electrons. The van der Waals surface area contributed by atoms with Gasteiger partial charge in [-0.05, 0) is 50.8 Å². The first-order chi connectivity index (χ1) is 7.10. The Kier molecular flexibility index (Phi) is 3.26. The van der Waals surface area contributed by atoms with Gasteiger partial charge in [0, 0.05) is 5.25 Å². The lowest BCUT2D eigenvalue weighted by atomic mass is 9.91. The molecule has 3 nitrogen and oxygen atoms in total. The third-order valence-corrected chi connectivity index (χ3v) is 4.99. The average Bonchev–Trinajstić information content (AvgIpc) is 2.77. The largest absolute Gasteiger partial charge is 0.480 e. The van der Waals surface area contributed by atoms with Crippen molar-refractivity contribution in [3.8, 4) is 0 Å². The van der Waals surface area contributed by atoms with Crippen LogP contribution in [0.2, 0.25) is 0 Å². The van der Waals surface area contributed by atoms with Crippen molar-refractivity contribution < 1.29 is 9.90 Å². The van der Waals surface area contributed by atoms with Crippen molar-refractivity contribution in [2.75, 3.05) is 12.3 Å². The smallest absolute Gasteiger partial charge is 0.323 e. The molecule has 15 heavy (non-hydrogen) atoms. The Morgan fingerprint density at radius 2 is 2.47 bits per heavy atom. The van der Waals surface area contributed by atoms with Crippen LogP contribution in [0.3, 0.4) is 0 Å². The van der Waals surface area contributed by atoms with E-state index in [1.54, 1.807) is 6.92 Å². The number of carboxylic acid groups (broad SMARTS) is 1. The Labute approximate surface area is 95.0 Å². The predicted molar refractivity (Wildman–Crippen MR) is 62.2 cm³/mol. The summed E-state index contributed by atoms with van der Waals surface area (Å²) in [6.45, 7) is 2.68. The van der Waals surface area contributed by atoms with Crippen LogP contribution in [0.5, 0.6) is 0 Å². The molecule has 0 aromatic carbocycles. The lowest BCUT2D eigenvalue weighted by molar-refractivity contribution is -0.143. The summed E-state index contributed by atoms with van der Waals surface area (Å²) in [5.74, 6) is 1.15. The summed E-state index contributed by atoms with van der Waals surface area (Å²) < 4.78 is 0. The third kappa shape index (κ3) is 2.48. The Balaban J connectivity index is 1.84. The van der Waals surface area contributed by atoms with Crippen LogP contribution in [0, 0.1) is 5.92 Å². The van der Waals surface area contributed by atoms with Crippen molar-refractivity contribution in [2.45, 2.75) is 43.4 Å². The van der Waals surface area contributed by atoms with E-state index in [4.69, 9.17) is 5.11 Å². The molecular weight excluding hydrogens is 210 g/mol. The van der Waals surface area contributed by atoms with Crippen molar-refractivity contribution in [2.24, 2.45) is 5.92 Å². The normalized spacial score (nSPS) is 40.9. The predicted octanol–water partition coefficient (Wildman–Crippen LogP) is 1.72. The van der Waals surface area contributed by atoms with Gasteiger partial charge in [0.15, 0.2) is 0 Å². The topological polar surface area (TPSA) is 49.3 Å². The van der Waals surface area contributed by atoms with Gasteiger partial charge >= 0.3 is 5.97 Å².